The summed E-state index contributed by atoms with van der Waals surface area (Å²) in [6.45, 7) is 4.25. The molecule has 3 nitrogen and oxygen atoms in total. The maximum atomic E-state index is 13.7. The number of nitrogens with one attached hydrogen (secondary N) is 1. The van der Waals surface area contributed by atoms with Crippen LogP contribution < -0.4 is 5.32 Å². The Balaban J connectivity index is 2.28. The van der Waals surface area contributed by atoms with Crippen molar-refractivity contribution in [2.75, 3.05) is 5.32 Å². The molecular formula is C12H11ClFN3. The van der Waals surface area contributed by atoms with Crippen LogP contribution in [0.25, 0.3) is 0 Å². The van der Waals surface area contributed by atoms with E-state index in [1.54, 1.807) is 30.6 Å². The van der Waals surface area contributed by atoms with E-state index in [1.165, 1.54) is 6.07 Å². The van der Waals surface area contributed by atoms with Crippen molar-refractivity contribution in [1.82, 2.24) is 9.55 Å². The van der Waals surface area contributed by atoms with Gasteiger partial charge in [0.15, 0.2) is 5.82 Å². The molecule has 0 fully saturated rings. The lowest BCUT2D eigenvalue weighted by Gasteiger charge is -2.09. The summed E-state index contributed by atoms with van der Waals surface area (Å²) in [6.07, 6.45) is 5.15. The molecule has 5 heteroatoms. The summed E-state index contributed by atoms with van der Waals surface area (Å²) < 4.78 is 15.5. The van der Waals surface area contributed by atoms with Crippen LogP contribution in [0.3, 0.4) is 0 Å². The monoisotopic (exact) mass is 251 g/mol. The van der Waals surface area contributed by atoms with Gasteiger partial charge in [-0.15, -0.1) is 6.58 Å². The number of nitrogens with zero attached hydrogens (tertiary/aromatic N) is 2. The van der Waals surface area contributed by atoms with E-state index in [2.05, 4.69) is 16.9 Å². The van der Waals surface area contributed by atoms with E-state index in [9.17, 15) is 4.39 Å². The van der Waals surface area contributed by atoms with Crippen molar-refractivity contribution >= 4 is 23.2 Å². The number of halogens is 2. The van der Waals surface area contributed by atoms with Crippen molar-refractivity contribution < 1.29 is 4.39 Å². The van der Waals surface area contributed by atoms with Gasteiger partial charge in [-0.2, -0.15) is 0 Å². The van der Waals surface area contributed by atoms with Gasteiger partial charge in [0.25, 0.3) is 0 Å². The lowest BCUT2D eigenvalue weighted by atomic mass is 10.3. The number of anilines is 2. The molecule has 0 unspecified atom stereocenters. The zero-order valence-corrected chi connectivity index (χ0v) is 9.78. The van der Waals surface area contributed by atoms with Crippen molar-refractivity contribution in [3.63, 3.8) is 0 Å². The first-order valence-corrected chi connectivity index (χ1v) is 5.43. The fraction of sp³-hybridized carbons (Fsp3) is 0.0833. The van der Waals surface area contributed by atoms with Gasteiger partial charge in [0.1, 0.15) is 0 Å². The van der Waals surface area contributed by atoms with Gasteiger partial charge in [-0.3, -0.25) is 0 Å². The third kappa shape index (κ3) is 2.47. The quantitative estimate of drug-likeness (QED) is 0.842. The van der Waals surface area contributed by atoms with Gasteiger partial charge in [-0.1, -0.05) is 23.7 Å². The summed E-state index contributed by atoms with van der Waals surface area (Å²) in [7, 11) is 0. The summed E-state index contributed by atoms with van der Waals surface area (Å²) in [4.78, 5) is 4.10. The maximum Gasteiger partial charge on any atom is 0.207 e. The second kappa shape index (κ2) is 5.01. The minimum absolute atomic E-state index is 0.0804. The van der Waals surface area contributed by atoms with Crippen LogP contribution in [-0.4, -0.2) is 9.55 Å². The Bertz CT molecular complexity index is 536. The van der Waals surface area contributed by atoms with E-state index in [4.69, 9.17) is 11.6 Å². The van der Waals surface area contributed by atoms with E-state index in [1.807, 2.05) is 4.57 Å². The molecule has 2 rings (SSSR count). The Hall–Kier alpha value is -1.81. The van der Waals surface area contributed by atoms with Crippen molar-refractivity contribution in [3.8, 4) is 0 Å². The summed E-state index contributed by atoms with van der Waals surface area (Å²) >= 11 is 5.70. The normalized spacial score (nSPS) is 10.2. The molecule has 0 atom stereocenters. The predicted octanol–water partition coefficient (Wildman–Crippen LogP) is 3.61. The average molecular weight is 252 g/mol. The van der Waals surface area contributed by atoms with E-state index in [-0.39, 0.29) is 5.02 Å². The second-order valence-corrected chi connectivity index (χ2v) is 3.83. The van der Waals surface area contributed by atoms with Gasteiger partial charge >= 0.3 is 0 Å². The fourth-order valence-electron chi connectivity index (χ4n) is 1.44. The Kier molecular flexibility index (Phi) is 3.44. The van der Waals surface area contributed by atoms with Crippen LogP contribution in [0.2, 0.25) is 5.02 Å². The molecular weight excluding hydrogens is 241 g/mol. The molecule has 0 aliphatic carbocycles. The maximum absolute atomic E-state index is 13.7. The zero-order chi connectivity index (χ0) is 12.3. The van der Waals surface area contributed by atoms with Crippen LogP contribution in [0.1, 0.15) is 0 Å². The minimum Gasteiger partial charge on any atom is -0.323 e. The lowest BCUT2D eigenvalue weighted by Crippen LogP contribution is -2.03. The van der Waals surface area contributed by atoms with Gasteiger partial charge in [0.05, 0.1) is 10.7 Å². The molecule has 0 spiro atoms. The zero-order valence-electron chi connectivity index (χ0n) is 9.03. The molecule has 0 amide bonds. The highest BCUT2D eigenvalue weighted by Crippen LogP contribution is 2.24. The molecule has 1 N–H and O–H groups in total. The number of hydrogen-bond acceptors (Lipinski definition) is 2. The van der Waals surface area contributed by atoms with Crippen molar-refractivity contribution in [1.29, 1.82) is 0 Å². The fourth-order valence-corrected chi connectivity index (χ4v) is 1.61. The largest absolute Gasteiger partial charge is 0.323 e. The first-order valence-electron chi connectivity index (χ1n) is 5.05. The molecule has 1 aromatic carbocycles. The summed E-state index contributed by atoms with van der Waals surface area (Å²) in [5.74, 6) is 0.0633. The number of imidazole rings is 1. The number of benzene rings is 1. The first kappa shape index (κ1) is 11.7. The van der Waals surface area contributed by atoms with Crippen LogP contribution in [0.5, 0.6) is 0 Å². The highest BCUT2D eigenvalue weighted by atomic mass is 35.5. The molecule has 0 saturated carbocycles. The SMILES string of the molecule is C=CCn1ccnc1Nc1cccc(Cl)c1F. The van der Waals surface area contributed by atoms with E-state index in [0.29, 0.717) is 18.2 Å². The molecule has 0 aliphatic heterocycles. The van der Waals surface area contributed by atoms with Gasteiger partial charge < -0.3 is 9.88 Å². The molecule has 2 aromatic rings. The number of hydrogen-bond donors (Lipinski definition) is 1. The topological polar surface area (TPSA) is 29.9 Å². The smallest absolute Gasteiger partial charge is 0.207 e. The first-order chi connectivity index (χ1) is 8.22. The summed E-state index contributed by atoms with van der Waals surface area (Å²) in [5.41, 5.74) is 0.300. The van der Waals surface area contributed by atoms with Crippen LogP contribution in [0, 0.1) is 5.82 Å². The standard InChI is InChI=1S/C12H11ClFN3/c1-2-7-17-8-6-15-12(17)16-10-5-3-4-9(13)11(10)14/h2-6,8H,1,7H2,(H,15,16). The van der Waals surface area contributed by atoms with E-state index < -0.39 is 5.82 Å². The number of aromatic nitrogens is 2. The average Bonchev–Trinajstić information content (AvgIpc) is 2.73. The minimum atomic E-state index is -0.484. The van der Waals surface area contributed by atoms with E-state index >= 15 is 0 Å². The van der Waals surface area contributed by atoms with Gasteiger partial charge in [-0.25, -0.2) is 9.37 Å². The third-order valence-corrected chi connectivity index (χ3v) is 2.53. The predicted molar refractivity (Wildman–Crippen MR) is 67.1 cm³/mol. The molecule has 1 heterocycles. The third-order valence-electron chi connectivity index (χ3n) is 2.24. The Morgan fingerprint density at radius 1 is 1.53 bits per heavy atom. The highest BCUT2D eigenvalue weighted by molar-refractivity contribution is 6.31. The Labute approximate surface area is 104 Å². The van der Waals surface area contributed by atoms with Crippen LogP contribution >= 0.6 is 11.6 Å². The van der Waals surface area contributed by atoms with Gasteiger partial charge in [0.2, 0.25) is 5.95 Å². The number of allylic oxidation sites excluding steroid dienone is 1. The van der Waals surface area contributed by atoms with Crippen molar-refractivity contribution in [2.24, 2.45) is 0 Å². The molecule has 17 heavy (non-hydrogen) atoms. The van der Waals surface area contributed by atoms with Gasteiger partial charge in [-0.05, 0) is 12.1 Å². The Morgan fingerprint density at radius 3 is 3.12 bits per heavy atom. The molecule has 88 valence electrons. The highest BCUT2D eigenvalue weighted by Gasteiger charge is 2.08. The van der Waals surface area contributed by atoms with Crippen LogP contribution in [0.4, 0.5) is 16.0 Å². The lowest BCUT2D eigenvalue weighted by molar-refractivity contribution is 0.631. The van der Waals surface area contributed by atoms with E-state index in [0.717, 1.165) is 0 Å². The van der Waals surface area contributed by atoms with Crippen molar-refractivity contribution in [2.45, 2.75) is 6.54 Å². The molecule has 1 aromatic heterocycles. The second-order valence-electron chi connectivity index (χ2n) is 3.42. The van der Waals surface area contributed by atoms with Crippen LogP contribution in [0.15, 0.2) is 43.2 Å². The summed E-state index contributed by atoms with van der Waals surface area (Å²) in [5, 5.41) is 2.97. The molecule has 0 radical (unpaired) electrons. The summed E-state index contributed by atoms with van der Waals surface area (Å²) in [6, 6.07) is 4.78. The molecule has 0 saturated heterocycles. The van der Waals surface area contributed by atoms with Gasteiger partial charge in [0, 0.05) is 18.9 Å². The Morgan fingerprint density at radius 2 is 2.35 bits per heavy atom. The molecule has 0 aliphatic rings. The molecule has 0 bridgehead atoms. The van der Waals surface area contributed by atoms with Crippen LogP contribution in [-0.2, 0) is 6.54 Å². The van der Waals surface area contributed by atoms with Crippen molar-refractivity contribution in [3.05, 3.63) is 54.1 Å². The number of rotatable bonds is 4.